The van der Waals surface area contributed by atoms with E-state index >= 15 is 0 Å². The summed E-state index contributed by atoms with van der Waals surface area (Å²) in [5, 5.41) is 0.145. The molecule has 0 amide bonds. The van der Waals surface area contributed by atoms with Gasteiger partial charge in [0.1, 0.15) is 5.82 Å². The molecule has 1 aliphatic rings. The highest BCUT2D eigenvalue weighted by molar-refractivity contribution is 6.31. The Kier molecular flexibility index (Phi) is 5.35. The van der Waals surface area contributed by atoms with Crippen LogP contribution in [0.1, 0.15) is 18.4 Å². The van der Waals surface area contributed by atoms with Crippen molar-refractivity contribution in [2.75, 3.05) is 20.3 Å². The van der Waals surface area contributed by atoms with Crippen molar-refractivity contribution in [3.63, 3.8) is 0 Å². The normalized spacial score (nSPS) is 19.8. The predicted molar refractivity (Wildman–Crippen MR) is 76.0 cm³/mol. The monoisotopic (exact) mass is 302 g/mol. The molecule has 0 radical (unpaired) electrons. The van der Waals surface area contributed by atoms with E-state index in [0.29, 0.717) is 19.6 Å². The average Bonchev–Trinajstić information content (AvgIpc) is 2.49. The van der Waals surface area contributed by atoms with Gasteiger partial charge in [0.05, 0.1) is 16.7 Å². The molecule has 1 aliphatic heterocycles. The third kappa shape index (κ3) is 3.13. The largest absolute Gasteiger partial charge is 0.381 e. The molecular formula is C14H20ClFN2O2. The standard InChI is InChI=1S/C14H20ClFN2O2/c1-19-14(5-7-20-8-6-14)12(18-17)9-10-3-2-4-11(16)13(10)15/h2-4,12,18H,5-9,17H2,1H3. The van der Waals surface area contributed by atoms with E-state index < -0.39 is 11.4 Å². The van der Waals surface area contributed by atoms with Gasteiger partial charge in [0.25, 0.3) is 0 Å². The van der Waals surface area contributed by atoms with Gasteiger partial charge in [-0.05, 0) is 18.1 Å². The third-order valence-corrected chi connectivity index (χ3v) is 4.46. The molecule has 6 heteroatoms. The van der Waals surface area contributed by atoms with Crippen LogP contribution >= 0.6 is 11.6 Å². The second-order valence-electron chi connectivity index (χ2n) is 5.02. The maximum absolute atomic E-state index is 13.5. The van der Waals surface area contributed by atoms with Crippen molar-refractivity contribution >= 4 is 11.6 Å². The molecule has 20 heavy (non-hydrogen) atoms. The SMILES string of the molecule is COC1(C(Cc2cccc(F)c2Cl)NN)CCOCC1. The fraction of sp³-hybridized carbons (Fsp3) is 0.571. The summed E-state index contributed by atoms with van der Waals surface area (Å²) >= 11 is 6.01. The number of benzene rings is 1. The summed E-state index contributed by atoms with van der Waals surface area (Å²) < 4.78 is 24.6. The Labute approximate surface area is 123 Å². The topological polar surface area (TPSA) is 56.5 Å². The van der Waals surface area contributed by atoms with E-state index in [9.17, 15) is 4.39 Å². The van der Waals surface area contributed by atoms with Gasteiger partial charge in [0.15, 0.2) is 0 Å². The second kappa shape index (κ2) is 6.83. The van der Waals surface area contributed by atoms with Crippen molar-refractivity contribution in [1.29, 1.82) is 0 Å². The van der Waals surface area contributed by atoms with Gasteiger partial charge in [-0.15, -0.1) is 0 Å². The lowest BCUT2D eigenvalue weighted by molar-refractivity contribution is -0.110. The molecule has 0 bridgehead atoms. The van der Waals surface area contributed by atoms with E-state index in [1.807, 2.05) is 0 Å². The molecule has 4 nitrogen and oxygen atoms in total. The fourth-order valence-corrected chi connectivity index (χ4v) is 2.94. The van der Waals surface area contributed by atoms with Gasteiger partial charge in [-0.1, -0.05) is 23.7 Å². The first kappa shape index (κ1) is 15.7. The summed E-state index contributed by atoms with van der Waals surface area (Å²) in [5.41, 5.74) is 3.10. The van der Waals surface area contributed by atoms with E-state index in [0.717, 1.165) is 18.4 Å². The van der Waals surface area contributed by atoms with Gasteiger partial charge in [-0.2, -0.15) is 0 Å². The Balaban J connectivity index is 2.21. The predicted octanol–water partition coefficient (Wildman–Crippen LogP) is 2.05. The highest BCUT2D eigenvalue weighted by Gasteiger charge is 2.40. The number of hydrogen-bond donors (Lipinski definition) is 2. The lowest BCUT2D eigenvalue weighted by atomic mass is 9.83. The van der Waals surface area contributed by atoms with Gasteiger partial charge in [-0.25, -0.2) is 4.39 Å². The molecule has 1 aromatic carbocycles. The van der Waals surface area contributed by atoms with Crippen LogP contribution in [0.25, 0.3) is 0 Å². The third-order valence-electron chi connectivity index (χ3n) is 4.04. The number of hydrazine groups is 1. The first-order valence-corrected chi connectivity index (χ1v) is 7.02. The summed E-state index contributed by atoms with van der Waals surface area (Å²) in [4.78, 5) is 0. The Hall–Kier alpha value is -0.720. The number of methoxy groups -OCH3 is 1. The molecule has 1 aromatic rings. The Morgan fingerprint density at radius 3 is 2.80 bits per heavy atom. The maximum Gasteiger partial charge on any atom is 0.142 e. The molecule has 0 saturated carbocycles. The van der Waals surface area contributed by atoms with Crippen LogP contribution in [0.3, 0.4) is 0 Å². The van der Waals surface area contributed by atoms with Crippen LogP contribution in [0.4, 0.5) is 4.39 Å². The van der Waals surface area contributed by atoms with Gasteiger partial charge >= 0.3 is 0 Å². The number of nitrogens with two attached hydrogens (primary N) is 1. The highest BCUT2D eigenvalue weighted by Crippen LogP contribution is 2.31. The van der Waals surface area contributed by atoms with E-state index in [1.165, 1.54) is 6.07 Å². The quantitative estimate of drug-likeness (QED) is 0.646. The molecule has 1 saturated heterocycles. The number of hydrogen-bond acceptors (Lipinski definition) is 4. The number of ether oxygens (including phenoxy) is 2. The van der Waals surface area contributed by atoms with Crippen molar-refractivity contribution in [1.82, 2.24) is 5.43 Å². The lowest BCUT2D eigenvalue weighted by Gasteiger charge is -2.42. The summed E-state index contributed by atoms with van der Waals surface area (Å²) in [6.45, 7) is 1.26. The second-order valence-corrected chi connectivity index (χ2v) is 5.40. The Bertz CT molecular complexity index is 453. The van der Waals surface area contributed by atoms with Crippen LogP contribution in [0.5, 0.6) is 0 Å². The van der Waals surface area contributed by atoms with Crippen molar-refractivity contribution in [2.24, 2.45) is 5.84 Å². The number of nitrogens with one attached hydrogen (secondary N) is 1. The summed E-state index contributed by atoms with van der Waals surface area (Å²) in [7, 11) is 1.67. The highest BCUT2D eigenvalue weighted by atomic mass is 35.5. The molecule has 1 unspecified atom stereocenters. The fourth-order valence-electron chi connectivity index (χ4n) is 2.73. The van der Waals surface area contributed by atoms with Gasteiger partial charge in [0.2, 0.25) is 0 Å². The first-order chi connectivity index (χ1) is 9.63. The zero-order chi connectivity index (χ0) is 14.6. The van der Waals surface area contributed by atoms with Crippen LogP contribution in [-0.2, 0) is 15.9 Å². The lowest BCUT2D eigenvalue weighted by Crippen LogP contribution is -2.58. The van der Waals surface area contributed by atoms with E-state index in [4.69, 9.17) is 26.9 Å². The molecule has 112 valence electrons. The summed E-state index contributed by atoms with van der Waals surface area (Å²) in [6, 6.07) is 4.64. The number of rotatable bonds is 5. The van der Waals surface area contributed by atoms with Crippen LogP contribution in [-0.4, -0.2) is 32.0 Å². The van der Waals surface area contributed by atoms with Crippen molar-refractivity contribution in [3.8, 4) is 0 Å². The minimum atomic E-state index is -0.418. The zero-order valence-corrected chi connectivity index (χ0v) is 12.3. The maximum atomic E-state index is 13.5. The molecule has 2 rings (SSSR count). The van der Waals surface area contributed by atoms with Crippen molar-refractivity contribution in [3.05, 3.63) is 34.6 Å². The summed E-state index contributed by atoms with van der Waals surface area (Å²) in [5.74, 6) is 5.27. The van der Waals surface area contributed by atoms with Crippen LogP contribution < -0.4 is 11.3 Å². The molecule has 1 heterocycles. The summed E-state index contributed by atoms with van der Waals surface area (Å²) in [6.07, 6.45) is 1.98. The Morgan fingerprint density at radius 1 is 1.50 bits per heavy atom. The van der Waals surface area contributed by atoms with Gasteiger partial charge < -0.3 is 9.47 Å². The van der Waals surface area contributed by atoms with E-state index in [1.54, 1.807) is 19.2 Å². The molecule has 1 atom stereocenters. The minimum absolute atomic E-state index is 0.145. The van der Waals surface area contributed by atoms with Crippen LogP contribution in [0.15, 0.2) is 18.2 Å². The molecular weight excluding hydrogens is 283 g/mol. The molecule has 0 aromatic heterocycles. The molecule has 1 fully saturated rings. The minimum Gasteiger partial charge on any atom is -0.381 e. The first-order valence-electron chi connectivity index (χ1n) is 6.65. The average molecular weight is 303 g/mol. The molecule has 0 aliphatic carbocycles. The molecule has 0 spiro atoms. The van der Waals surface area contributed by atoms with Crippen molar-refractivity contribution in [2.45, 2.75) is 30.9 Å². The zero-order valence-electron chi connectivity index (χ0n) is 11.5. The smallest absolute Gasteiger partial charge is 0.142 e. The van der Waals surface area contributed by atoms with Crippen LogP contribution in [0, 0.1) is 5.82 Å². The van der Waals surface area contributed by atoms with Crippen molar-refractivity contribution < 1.29 is 13.9 Å². The van der Waals surface area contributed by atoms with Crippen LogP contribution in [0.2, 0.25) is 5.02 Å². The van der Waals surface area contributed by atoms with Gasteiger partial charge in [-0.3, -0.25) is 11.3 Å². The van der Waals surface area contributed by atoms with Gasteiger partial charge in [0, 0.05) is 33.2 Å². The van der Waals surface area contributed by atoms with E-state index in [2.05, 4.69) is 5.43 Å². The van der Waals surface area contributed by atoms with E-state index in [-0.39, 0.29) is 11.1 Å². The molecule has 3 N–H and O–H groups in total. The number of halogens is 2. The Morgan fingerprint density at radius 2 is 2.20 bits per heavy atom.